The second-order valence-electron chi connectivity index (χ2n) is 3.29. The van der Waals surface area contributed by atoms with Crippen molar-refractivity contribution < 1.29 is 9.90 Å². The number of benzene rings is 2. The van der Waals surface area contributed by atoms with Crippen LogP contribution in [-0.4, -0.2) is 11.2 Å². The molecule has 0 saturated carbocycles. The standard InChI is InChI=1S/C13H11NO2.C2H6/c15-13(16)14(11-7-3-1-4-8-11)12-9-5-2-6-10-12;1-2/h1-10H,(H,15,16);1-2H3. The van der Waals surface area contributed by atoms with Gasteiger partial charge >= 0.3 is 6.09 Å². The predicted octanol–water partition coefficient (Wildman–Crippen LogP) is 4.53. The van der Waals surface area contributed by atoms with E-state index >= 15 is 0 Å². The van der Waals surface area contributed by atoms with Crippen LogP contribution in [0.5, 0.6) is 0 Å². The lowest BCUT2D eigenvalue weighted by molar-refractivity contribution is 0.205. The van der Waals surface area contributed by atoms with E-state index < -0.39 is 6.09 Å². The number of rotatable bonds is 2. The third-order valence-electron chi connectivity index (χ3n) is 2.22. The molecule has 0 spiro atoms. The van der Waals surface area contributed by atoms with Crippen molar-refractivity contribution in [2.75, 3.05) is 4.90 Å². The zero-order chi connectivity index (χ0) is 13.4. The Labute approximate surface area is 107 Å². The normalized spacial score (nSPS) is 9.00. The highest BCUT2D eigenvalue weighted by Crippen LogP contribution is 2.24. The summed E-state index contributed by atoms with van der Waals surface area (Å²) in [5.74, 6) is 0. The highest BCUT2D eigenvalue weighted by molar-refractivity contribution is 5.94. The lowest BCUT2D eigenvalue weighted by Crippen LogP contribution is -2.23. The molecule has 0 fully saturated rings. The van der Waals surface area contributed by atoms with Crippen molar-refractivity contribution in [1.82, 2.24) is 0 Å². The molecule has 0 atom stereocenters. The molecule has 0 saturated heterocycles. The molecule has 0 heterocycles. The van der Waals surface area contributed by atoms with Crippen molar-refractivity contribution in [3.8, 4) is 0 Å². The monoisotopic (exact) mass is 243 g/mol. The van der Waals surface area contributed by atoms with Gasteiger partial charge in [-0.25, -0.2) is 9.69 Å². The fourth-order valence-corrected chi connectivity index (χ4v) is 1.52. The molecule has 0 bridgehead atoms. The summed E-state index contributed by atoms with van der Waals surface area (Å²) < 4.78 is 0. The first-order valence-electron chi connectivity index (χ1n) is 5.92. The molecule has 3 nitrogen and oxygen atoms in total. The molecule has 2 aromatic carbocycles. The molecule has 0 unspecified atom stereocenters. The molecule has 2 rings (SSSR count). The van der Waals surface area contributed by atoms with Gasteiger partial charge < -0.3 is 5.11 Å². The van der Waals surface area contributed by atoms with Gasteiger partial charge in [0.25, 0.3) is 0 Å². The Hall–Kier alpha value is -2.29. The van der Waals surface area contributed by atoms with Gasteiger partial charge in [-0.15, -0.1) is 0 Å². The number of carbonyl (C=O) groups is 1. The Balaban J connectivity index is 0.000000771. The van der Waals surface area contributed by atoms with Gasteiger partial charge in [-0.2, -0.15) is 0 Å². The van der Waals surface area contributed by atoms with E-state index in [1.54, 1.807) is 24.3 Å². The molecule has 94 valence electrons. The quantitative estimate of drug-likeness (QED) is 0.841. The summed E-state index contributed by atoms with van der Waals surface area (Å²) in [6.07, 6.45) is -0.989. The van der Waals surface area contributed by atoms with Gasteiger partial charge in [0.15, 0.2) is 0 Å². The number of anilines is 2. The highest BCUT2D eigenvalue weighted by atomic mass is 16.4. The molecule has 1 N–H and O–H groups in total. The second kappa shape index (κ2) is 7.12. The van der Waals surface area contributed by atoms with Crippen molar-refractivity contribution >= 4 is 17.5 Å². The maximum atomic E-state index is 11.2. The number of hydrogen-bond donors (Lipinski definition) is 1. The summed E-state index contributed by atoms with van der Waals surface area (Å²) in [7, 11) is 0. The van der Waals surface area contributed by atoms with Crippen LogP contribution >= 0.6 is 0 Å². The molecule has 3 heteroatoms. The van der Waals surface area contributed by atoms with Gasteiger partial charge in [0, 0.05) is 0 Å². The average molecular weight is 243 g/mol. The van der Waals surface area contributed by atoms with Crippen LogP contribution in [0.1, 0.15) is 13.8 Å². The van der Waals surface area contributed by atoms with Crippen molar-refractivity contribution in [2.45, 2.75) is 13.8 Å². The highest BCUT2D eigenvalue weighted by Gasteiger charge is 2.15. The van der Waals surface area contributed by atoms with Crippen LogP contribution < -0.4 is 4.90 Å². The minimum atomic E-state index is -0.989. The van der Waals surface area contributed by atoms with E-state index in [2.05, 4.69) is 0 Å². The Kier molecular flexibility index (Phi) is 5.45. The Morgan fingerprint density at radius 2 is 1.17 bits per heavy atom. The molecule has 0 aliphatic rings. The van der Waals surface area contributed by atoms with Gasteiger partial charge in [0.2, 0.25) is 0 Å². The maximum absolute atomic E-state index is 11.2. The first-order chi connectivity index (χ1) is 8.79. The first-order valence-corrected chi connectivity index (χ1v) is 5.92. The minimum absolute atomic E-state index is 0.640. The summed E-state index contributed by atoms with van der Waals surface area (Å²) in [4.78, 5) is 12.5. The smallest absolute Gasteiger partial charge is 0.416 e. The molecule has 0 aliphatic carbocycles. The van der Waals surface area contributed by atoms with Crippen LogP contribution in [0.3, 0.4) is 0 Å². The molecular formula is C15H17NO2. The zero-order valence-corrected chi connectivity index (χ0v) is 10.6. The topological polar surface area (TPSA) is 40.5 Å². The minimum Gasteiger partial charge on any atom is -0.464 e. The van der Waals surface area contributed by atoms with E-state index in [0.717, 1.165) is 0 Å². The molecular weight excluding hydrogens is 226 g/mol. The molecule has 2 aromatic rings. The molecule has 0 aliphatic heterocycles. The van der Waals surface area contributed by atoms with E-state index in [-0.39, 0.29) is 0 Å². The Bertz CT molecular complexity index is 429. The van der Waals surface area contributed by atoms with Crippen molar-refractivity contribution in [1.29, 1.82) is 0 Å². The summed E-state index contributed by atoms with van der Waals surface area (Å²) >= 11 is 0. The average Bonchev–Trinajstić information content (AvgIpc) is 2.43. The maximum Gasteiger partial charge on any atom is 0.416 e. The van der Waals surface area contributed by atoms with Gasteiger partial charge in [0.05, 0.1) is 11.4 Å². The third-order valence-corrected chi connectivity index (χ3v) is 2.22. The van der Waals surface area contributed by atoms with Crippen LogP contribution in [0.2, 0.25) is 0 Å². The fourth-order valence-electron chi connectivity index (χ4n) is 1.52. The first kappa shape index (κ1) is 13.8. The number of para-hydroxylation sites is 2. The predicted molar refractivity (Wildman–Crippen MR) is 74.4 cm³/mol. The molecule has 18 heavy (non-hydrogen) atoms. The van der Waals surface area contributed by atoms with E-state index in [1.165, 1.54) is 4.90 Å². The Morgan fingerprint density at radius 3 is 1.44 bits per heavy atom. The summed E-state index contributed by atoms with van der Waals surface area (Å²) in [6, 6.07) is 18.0. The van der Waals surface area contributed by atoms with E-state index in [0.29, 0.717) is 11.4 Å². The van der Waals surface area contributed by atoms with Crippen LogP contribution in [0, 0.1) is 0 Å². The second-order valence-corrected chi connectivity index (χ2v) is 3.29. The number of nitrogens with zero attached hydrogens (tertiary/aromatic N) is 1. The Morgan fingerprint density at radius 1 is 0.833 bits per heavy atom. The summed E-state index contributed by atoms with van der Waals surface area (Å²) in [5, 5.41) is 9.21. The lowest BCUT2D eigenvalue weighted by Gasteiger charge is -2.18. The largest absolute Gasteiger partial charge is 0.464 e. The molecule has 0 radical (unpaired) electrons. The van der Waals surface area contributed by atoms with Crippen molar-refractivity contribution in [3.63, 3.8) is 0 Å². The van der Waals surface area contributed by atoms with Crippen LogP contribution in [-0.2, 0) is 0 Å². The molecule has 1 amide bonds. The van der Waals surface area contributed by atoms with Gasteiger partial charge in [-0.05, 0) is 24.3 Å². The number of hydrogen-bond acceptors (Lipinski definition) is 1. The van der Waals surface area contributed by atoms with E-state index in [9.17, 15) is 9.90 Å². The van der Waals surface area contributed by atoms with Crippen LogP contribution in [0.4, 0.5) is 16.2 Å². The third kappa shape index (κ3) is 3.35. The number of amides is 1. The van der Waals surface area contributed by atoms with Crippen molar-refractivity contribution in [2.24, 2.45) is 0 Å². The summed E-state index contributed by atoms with van der Waals surface area (Å²) in [6.45, 7) is 4.00. The lowest BCUT2D eigenvalue weighted by atomic mass is 10.2. The van der Waals surface area contributed by atoms with Gasteiger partial charge in [-0.1, -0.05) is 50.2 Å². The van der Waals surface area contributed by atoms with E-state index in [4.69, 9.17) is 0 Å². The number of carboxylic acid groups (broad SMARTS) is 1. The van der Waals surface area contributed by atoms with Crippen LogP contribution in [0.15, 0.2) is 60.7 Å². The summed E-state index contributed by atoms with van der Waals surface area (Å²) in [5.41, 5.74) is 1.28. The van der Waals surface area contributed by atoms with Gasteiger partial charge in [0.1, 0.15) is 0 Å². The SMILES string of the molecule is CC.O=C(O)N(c1ccccc1)c1ccccc1. The molecule has 0 aromatic heterocycles. The fraction of sp³-hybridized carbons (Fsp3) is 0.133. The zero-order valence-electron chi connectivity index (χ0n) is 10.6. The van der Waals surface area contributed by atoms with Crippen molar-refractivity contribution in [3.05, 3.63) is 60.7 Å². The van der Waals surface area contributed by atoms with Gasteiger partial charge in [-0.3, -0.25) is 0 Å². The van der Waals surface area contributed by atoms with Crippen LogP contribution in [0.25, 0.3) is 0 Å². The van der Waals surface area contributed by atoms with E-state index in [1.807, 2.05) is 50.2 Å².